The molecule has 3 N–H and O–H groups in total. The average Bonchev–Trinajstić information content (AvgIpc) is 2.88. The van der Waals surface area contributed by atoms with Gasteiger partial charge in [-0.25, -0.2) is 9.00 Å². The van der Waals surface area contributed by atoms with Crippen molar-refractivity contribution in [2.24, 2.45) is 0 Å². The molecule has 0 radical (unpaired) electrons. The van der Waals surface area contributed by atoms with Crippen LogP contribution in [0.15, 0.2) is 39.8 Å². The number of carboxylic acids is 1. The highest BCUT2D eigenvalue weighted by Gasteiger charge is 2.17. The van der Waals surface area contributed by atoms with Crippen molar-refractivity contribution >= 4 is 34.3 Å². The van der Waals surface area contributed by atoms with E-state index in [0.29, 0.717) is 5.76 Å². The number of hydrogen-bond acceptors (Lipinski definition) is 4. The quantitative estimate of drug-likeness (QED) is 0.734. The maximum absolute atomic E-state index is 11.2. The first-order chi connectivity index (χ1) is 9.49. The number of aromatic carboxylic acids is 1. The Morgan fingerprint density at radius 3 is 2.75 bits per heavy atom. The highest BCUT2D eigenvalue weighted by Crippen LogP contribution is 2.28. The molecule has 8 heteroatoms. The first-order valence-electron chi connectivity index (χ1n) is 5.43. The molecule has 0 spiro atoms. The molecule has 0 aliphatic carbocycles. The van der Waals surface area contributed by atoms with Crippen LogP contribution in [0.3, 0.4) is 0 Å². The third-order valence-electron chi connectivity index (χ3n) is 2.52. The van der Waals surface area contributed by atoms with Gasteiger partial charge in [-0.3, -0.25) is 0 Å². The van der Waals surface area contributed by atoms with Crippen LogP contribution in [0.25, 0.3) is 0 Å². The minimum atomic E-state index is -2.35. The van der Waals surface area contributed by atoms with Crippen molar-refractivity contribution in [1.29, 1.82) is 0 Å². The van der Waals surface area contributed by atoms with E-state index in [-0.39, 0.29) is 27.7 Å². The second kappa shape index (κ2) is 6.08. The number of carboxylic acid groups (broad SMARTS) is 1. The molecule has 2 aromatic rings. The van der Waals surface area contributed by atoms with E-state index in [9.17, 15) is 9.00 Å². The molecule has 0 aliphatic heterocycles. The van der Waals surface area contributed by atoms with Gasteiger partial charge in [0.15, 0.2) is 11.1 Å². The number of benzene rings is 1. The van der Waals surface area contributed by atoms with E-state index in [4.69, 9.17) is 25.7 Å². The van der Waals surface area contributed by atoms with Gasteiger partial charge in [-0.1, -0.05) is 11.6 Å². The second-order valence-electron chi connectivity index (χ2n) is 3.82. The lowest BCUT2D eigenvalue weighted by atomic mass is 10.1. The van der Waals surface area contributed by atoms with Crippen LogP contribution in [0.2, 0.25) is 5.02 Å². The Morgan fingerprint density at radius 2 is 2.20 bits per heavy atom. The van der Waals surface area contributed by atoms with Crippen LogP contribution in [-0.4, -0.2) is 19.8 Å². The minimum Gasteiger partial charge on any atom is -0.478 e. The molecule has 1 aromatic carbocycles. The maximum atomic E-state index is 11.2. The van der Waals surface area contributed by atoms with Gasteiger partial charge in [0.05, 0.1) is 34.0 Å². The number of carbonyl (C=O) groups is 1. The number of rotatable bonds is 5. The summed E-state index contributed by atoms with van der Waals surface area (Å²) in [4.78, 5) is 11.0. The Hall–Kier alpha value is -1.83. The molecular formula is C12H10ClNO5S. The van der Waals surface area contributed by atoms with E-state index < -0.39 is 17.0 Å². The fraction of sp³-hybridized carbons (Fsp3) is 0.0833. The number of halogens is 1. The second-order valence-corrected chi connectivity index (χ2v) is 5.16. The van der Waals surface area contributed by atoms with Gasteiger partial charge in [0, 0.05) is 0 Å². The molecule has 2 rings (SSSR count). The number of hydrogen-bond donors (Lipinski definition) is 3. The number of anilines is 1. The summed E-state index contributed by atoms with van der Waals surface area (Å²) < 4.78 is 25.2. The molecule has 0 fully saturated rings. The summed E-state index contributed by atoms with van der Waals surface area (Å²) in [5, 5.41) is 12.0. The molecule has 0 saturated heterocycles. The van der Waals surface area contributed by atoms with Crippen LogP contribution in [-0.2, 0) is 17.6 Å². The van der Waals surface area contributed by atoms with Gasteiger partial charge in [0.25, 0.3) is 0 Å². The van der Waals surface area contributed by atoms with Crippen LogP contribution < -0.4 is 5.32 Å². The predicted molar refractivity (Wildman–Crippen MR) is 73.5 cm³/mol. The lowest BCUT2D eigenvalue weighted by molar-refractivity contribution is 0.0697. The molecule has 0 amide bonds. The van der Waals surface area contributed by atoms with E-state index >= 15 is 0 Å². The average molecular weight is 316 g/mol. The van der Waals surface area contributed by atoms with Crippen LogP contribution >= 0.6 is 11.6 Å². The minimum absolute atomic E-state index is 0.0118. The summed E-state index contributed by atoms with van der Waals surface area (Å²) in [7, 11) is 0. The number of furan rings is 1. The van der Waals surface area contributed by atoms with Gasteiger partial charge in [0.2, 0.25) is 0 Å². The zero-order valence-electron chi connectivity index (χ0n) is 10.00. The molecule has 0 aliphatic rings. The molecule has 1 heterocycles. The summed E-state index contributed by atoms with van der Waals surface area (Å²) in [5.41, 5.74) is 0.103. The first-order valence-corrected chi connectivity index (χ1v) is 6.91. The topological polar surface area (TPSA) is 99.8 Å². The largest absolute Gasteiger partial charge is 0.478 e. The van der Waals surface area contributed by atoms with Crippen molar-refractivity contribution in [2.75, 3.05) is 5.32 Å². The van der Waals surface area contributed by atoms with Gasteiger partial charge < -0.3 is 19.4 Å². The number of nitrogens with one attached hydrogen (secondary N) is 1. The lowest BCUT2D eigenvalue weighted by Crippen LogP contribution is -2.07. The van der Waals surface area contributed by atoms with Crippen molar-refractivity contribution < 1.29 is 23.1 Å². The summed E-state index contributed by atoms with van der Waals surface area (Å²) in [6, 6.07) is 5.81. The fourth-order valence-electron chi connectivity index (χ4n) is 1.61. The maximum Gasteiger partial charge on any atom is 0.337 e. The van der Waals surface area contributed by atoms with E-state index in [2.05, 4.69) is 5.32 Å². The summed E-state index contributed by atoms with van der Waals surface area (Å²) in [6.45, 7) is 0.269. The normalized spacial score (nSPS) is 12.1. The smallest absolute Gasteiger partial charge is 0.337 e. The first kappa shape index (κ1) is 14.6. The van der Waals surface area contributed by atoms with E-state index in [1.165, 1.54) is 12.3 Å². The highest BCUT2D eigenvalue weighted by atomic mass is 35.5. The summed E-state index contributed by atoms with van der Waals surface area (Å²) in [6.07, 6.45) is 1.50. The van der Waals surface area contributed by atoms with Crippen LogP contribution in [0.1, 0.15) is 16.1 Å². The molecule has 0 saturated carbocycles. The highest BCUT2D eigenvalue weighted by molar-refractivity contribution is 7.79. The zero-order valence-corrected chi connectivity index (χ0v) is 11.6. The van der Waals surface area contributed by atoms with E-state index in [0.717, 1.165) is 6.07 Å². The van der Waals surface area contributed by atoms with Crippen molar-refractivity contribution in [3.8, 4) is 0 Å². The molecule has 1 aromatic heterocycles. The van der Waals surface area contributed by atoms with Crippen molar-refractivity contribution in [3.05, 3.63) is 46.9 Å². The Labute approximate surface area is 121 Å². The Balaban J connectivity index is 2.33. The van der Waals surface area contributed by atoms with Crippen LogP contribution in [0.5, 0.6) is 0 Å². The van der Waals surface area contributed by atoms with Crippen LogP contribution in [0.4, 0.5) is 5.69 Å². The van der Waals surface area contributed by atoms with Crippen molar-refractivity contribution in [3.63, 3.8) is 0 Å². The molecule has 0 bridgehead atoms. The lowest BCUT2D eigenvalue weighted by Gasteiger charge is -2.11. The van der Waals surface area contributed by atoms with Gasteiger partial charge in [-0.05, 0) is 24.3 Å². The molecule has 106 valence electrons. The van der Waals surface area contributed by atoms with Gasteiger partial charge in [0.1, 0.15) is 5.76 Å². The molecule has 1 atom stereocenters. The Morgan fingerprint density at radius 1 is 1.45 bits per heavy atom. The fourth-order valence-corrected chi connectivity index (χ4v) is 2.41. The third kappa shape index (κ3) is 3.19. The van der Waals surface area contributed by atoms with Gasteiger partial charge in [-0.2, -0.15) is 0 Å². The van der Waals surface area contributed by atoms with E-state index in [1.54, 1.807) is 12.1 Å². The Kier molecular flexibility index (Phi) is 4.43. The van der Waals surface area contributed by atoms with Crippen LogP contribution in [0, 0.1) is 0 Å². The monoisotopic (exact) mass is 315 g/mol. The summed E-state index contributed by atoms with van der Waals surface area (Å²) in [5.74, 6) is -0.609. The Bertz CT molecular complexity index is 656. The molecule has 6 nitrogen and oxygen atoms in total. The third-order valence-corrected chi connectivity index (χ3v) is 3.66. The molecule has 20 heavy (non-hydrogen) atoms. The van der Waals surface area contributed by atoms with Crippen molar-refractivity contribution in [2.45, 2.75) is 11.4 Å². The van der Waals surface area contributed by atoms with Gasteiger partial charge in [-0.15, -0.1) is 0 Å². The molecule has 1 unspecified atom stereocenters. The predicted octanol–water partition coefficient (Wildman–Crippen LogP) is 2.82. The van der Waals surface area contributed by atoms with Gasteiger partial charge >= 0.3 is 5.97 Å². The van der Waals surface area contributed by atoms with E-state index in [1.807, 2.05) is 0 Å². The SMILES string of the molecule is O=C(O)c1cc(S(=O)O)c(Cl)cc1NCc1ccco1. The van der Waals surface area contributed by atoms with Crippen molar-refractivity contribution in [1.82, 2.24) is 0 Å². The summed E-state index contributed by atoms with van der Waals surface area (Å²) >= 11 is 3.50. The zero-order chi connectivity index (χ0) is 14.7. The molecular weight excluding hydrogens is 306 g/mol. The standard InChI is InChI=1S/C12H10ClNO5S/c13-9-5-10(14-6-7-2-1-3-19-7)8(12(15)16)4-11(9)20(17)18/h1-5,14H,6H2,(H,15,16)(H,17,18).